The van der Waals surface area contributed by atoms with Gasteiger partial charge in [0, 0.05) is 16.0 Å². The van der Waals surface area contributed by atoms with Gasteiger partial charge in [0.1, 0.15) is 0 Å². The van der Waals surface area contributed by atoms with Gasteiger partial charge >= 0.3 is 0 Å². The van der Waals surface area contributed by atoms with E-state index in [0.29, 0.717) is 28.2 Å². The maximum absolute atomic E-state index is 6.11. The highest BCUT2D eigenvalue weighted by atomic mass is 35.5. The molecule has 1 heterocycles. The van der Waals surface area contributed by atoms with Gasteiger partial charge in [0.15, 0.2) is 5.82 Å². The molecular weight excluding hydrogens is 282 g/mol. The number of anilines is 1. The average molecular weight is 298 g/mol. The van der Waals surface area contributed by atoms with Crippen molar-refractivity contribution in [1.29, 1.82) is 0 Å². The summed E-state index contributed by atoms with van der Waals surface area (Å²) in [6.07, 6.45) is 0. The van der Waals surface area contributed by atoms with Gasteiger partial charge in [-0.25, -0.2) is 0 Å². The van der Waals surface area contributed by atoms with E-state index in [2.05, 4.69) is 10.1 Å². The first-order valence-electron chi connectivity index (χ1n) is 5.88. The van der Waals surface area contributed by atoms with Crippen molar-refractivity contribution in [2.24, 2.45) is 0 Å². The zero-order valence-corrected chi connectivity index (χ0v) is 12.7. The highest BCUT2D eigenvalue weighted by Crippen LogP contribution is 2.34. The molecule has 4 nitrogen and oxygen atoms in total. The van der Waals surface area contributed by atoms with E-state index in [0.717, 1.165) is 4.90 Å². The van der Waals surface area contributed by atoms with E-state index in [1.807, 2.05) is 39.0 Å². The van der Waals surface area contributed by atoms with Gasteiger partial charge < -0.3 is 10.3 Å². The van der Waals surface area contributed by atoms with Crippen molar-refractivity contribution in [2.45, 2.75) is 36.8 Å². The standard InChI is InChI=1S/C13H16ClN3OS/c1-13(2,3)12-16-10(17-18-12)7-19-11-8(14)5-4-6-9(11)15/h4-6H,7,15H2,1-3H3. The van der Waals surface area contributed by atoms with Gasteiger partial charge in [0.25, 0.3) is 0 Å². The normalized spacial score (nSPS) is 11.8. The van der Waals surface area contributed by atoms with Crippen LogP contribution in [0, 0.1) is 0 Å². The van der Waals surface area contributed by atoms with Crippen LogP contribution in [-0.2, 0) is 11.2 Å². The molecule has 0 radical (unpaired) electrons. The van der Waals surface area contributed by atoms with Crippen LogP contribution in [0.1, 0.15) is 32.5 Å². The van der Waals surface area contributed by atoms with Crippen LogP contribution in [0.4, 0.5) is 5.69 Å². The summed E-state index contributed by atoms with van der Waals surface area (Å²) in [5, 5.41) is 4.61. The smallest absolute Gasteiger partial charge is 0.232 e. The fraction of sp³-hybridized carbons (Fsp3) is 0.385. The predicted octanol–water partition coefficient (Wildman–Crippen LogP) is 3.90. The summed E-state index contributed by atoms with van der Waals surface area (Å²) >= 11 is 7.62. The summed E-state index contributed by atoms with van der Waals surface area (Å²) in [6.45, 7) is 6.09. The van der Waals surface area contributed by atoms with Crippen molar-refractivity contribution < 1.29 is 4.52 Å². The summed E-state index contributed by atoms with van der Waals surface area (Å²) in [5.41, 5.74) is 6.41. The Morgan fingerprint density at radius 3 is 2.68 bits per heavy atom. The highest BCUT2D eigenvalue weighted by molar-refractivity contribution is 7.98. The number of nitrogens with two attached hydrogens (primary N) is 1. The van der Waals surface area contributed by atoms with Gasteiger partial charge in [0.05, 0.1) is 10.8 Å². The average Bonchev–Trinajstić information content (AvgIpc) is 2.77. The van der Waals surface area contributed by atoms with Crippen LogP contribution in [0.15, 0.2) is 27.6 Å². The largest absolute Gasteiger partial charge is 0.398 e. The molecule has 6 heteroatoms. The van der Waals surface area contributed by atoms with E-state index in [4.69, 9.17) is 21.9 Å². The molecule has 2 rings (SSSR count). The lowest BCUT2D eigenvalue weighted by molar-refractivity contribution is 0.319. The fourth-order valence-corrected chi connectivity index (χ4v) is 2.61. The summed E-state index contributed by atoms with van der Waals surface area (Å²) in [5.74, 6) is 1.86. The summed E-state index contributed by atoms with van der Waals surface area (Å²) in [6, 6.07) is 5.47. The summed E-state index contributed by atoms with van der Waals surface area (Å²) < 4.78 is 5.24. The molecule has 1 aromatic carbocycles. The van der Waals surface area contributed by atoms with Crippen LogP contribution >= 0.6 is 23.4 Å². The summed E-state index contributed by atoms with van der Waals surface area (Å²) in [4.78, 5) is 5.23. The molecule has 2 aromatic rings. The van der Waals surface area contributed by atoms with Gasteiger partial charge in [-0.15, -0.1) is 11.8 Å². The number of hydrogen-bond acceptors (Lipinski definition) is 5. The van der Waals surface area contributed by atoms with Crippen LogP contribution in [0.3, 0.4) is 0 Å². The molecule has 2 N–H and O–H groups in total. The minimum atomic E-state index is -0.140. The Hall–Kier alpha value is -1.20. The second-order valence-corrected chi connectivity index (χ2v) is 6.61. The second-order valence-electron chi connectivity index (χ2n) is 5.21. The third-order valence-electron chi connectivity index (χ3n) is 2.45. The predicted molar refractivity (Wildman–Crippen MR) is 78.4 cm³/mol. The number of aromatic nitrogens is 2. The van der Waals surface area contributed by atoms with Crippen molar-refractivity contribution in [3.05, 3.63) is 34.9 Å². The van der Waals surface area contributed by atoms with Gasteiger partial charge in [0.2, 0.25) is 5.89 Å². The zero-order chi connectivity index (χ0) is 14.0. The third kappa shape index (κ3) is 3.42. The molecule has 0 aliphatic heterocycles. The molecule has 0 unspecified atom stereocenters. The van der Waals surface area contributed by atoms with Crippen LogP contribution in [0.2, 0.25) is 5.02 Å². The molecule has 0 aliphatic rings. The number of thioether (sulfide) groups is 1. The van der Waals surface area contributed by atoms with Crippen LogP contribution in [0.25, 0.3) is 0 Å². The fourth-order valence-electron chi connectivity index (χ4n) is 1.43. The van der Waals surface area contributed by atoms with Crippen LogP contribution < -0.4 is 5.73 Å². The molecule has 0 saturated heterocycles. The lowest BCUT2D eigenvalue weighted by Crippen LogP contribution is -2.11. The minimum absolute atomic E-state index is 0.140. The molecule has 0 saturated carbocycles. The maximum atomic E-state index is 6.11. The van der Waals surface area contributed by atoms with Crippen molar-refractivity contribution in [1.82, 2.24) is 10.1 Å². The zero-order valence-electron chi connectivity index (χ0n) is 11.1. The van der Waals surface area contributed by atoms with Gasteiger partial charge in [-0.3, -0.25) is 0 Å². The van der Waals surface area contributed by atoms with E-state index in [1.54, 1.807) is 0 Å². The molecule has 0 fully saturated rings. The number of nitrogen functional groups attached to an aromatic ring is 1. The number of hydrogen-bond donors (Lipinski definition) is 1. The first-order chi connectivity index (χ1) is 8.88. The third-order valence-corrected chi connectivity index (χ3v) is 4.03. The lowest BCUT2D eigenvalue weighted by atomic mass is 9.97. The number of nitrogens with zero attached hydrogens (tertiary/aromatic N) is 2. The topological polar surface area (TPSA) is 64.9 Å². The molecule has 0 bridgehead atoms. The Bertz CT molecular complexity index is 557. The van der Waals surface area contributed by atoms with Gasteiger partial charge in [-0.2, -0.15) is 4.98 Å². The molecule has 0 atom stereocenters. The Labute approximate surface area is 121 Å². The van der Waals surface area contributed by atoms with E-state index in [9.17, 15) is 0 Å². The maximum Gasteiger partial charge on any atom is 0.232 e. The second kappa shape index (κ2) is 5.43. The Kier molecular flexibility index (Phi) is 4.06. The van der Waals surface area contributed by atoms with Crippen LogP contribution in [-0.4, -0.2) is 10.1 Å². The first-order valence-corrected chi connectivity index (χ1v) is 7.24. The van der Waals surface area contributed by atoms with Crippen molar-refractivity contribution in [3.63, 3.8) is 0 Å². The Morgan fingerprint density at radius 2 is 2.11 bits per heavy atom. The molecule has 0 aliphatic carbocycles. The number of benzene rings is 1. The molecule has 1 aromatic heterocycles. The first kappa shape index (κ1) is 14.2. The van der Waals surface area contributed by atoms with Gasteiger partial charge in [-0.05, 0) is 12.1 Å². The molecule has 0 spiro atoms. The highest BCUT2D eigenvalue weighted by Gasteiger charge is 2.21. The minimum Gasteiger partial charge on any atom is -0.398 e. The molecule has 19 heavy (non-hydrogen) atoms. The SMILES string of the molecule is CC(C)(C)c1nc(CSc2c(N)cccc2Cl)no1. The van der Waals surface area contributed by atoms with Crippen molar-refractivity contribution >= 4 is 29.1 Å². The van der Waals surface area contributed by atoms with E-state index in [1.165, 1.54) is 11.8 Å². The van der Waals surface area contributed by atoms with E-state index in [-0.39, 0.29) is 5.41 Å². The molecule has 102 valence electrons. The van der Waals surface area contributed by atoms with Crippen LogP contribution in [0.5, 0.6) is 0 Å². The number of halogens is 1. The monoisotopic (exact) mass is 297 g/mol. The molecular formula is C13H16ClN3OS. The summed E-state index contributed by atoms with van der Waals surface area (Å²) in [7, 11) is 0. The Morgan fingerprint density at radius 1 is 1.37 bits per heavy atom. The Balaban J connectivity index is 2.09. The number of rotatable bonds is 3. The van der Waals surface area contributed by atoms with E-state index >= 15 is 0 Å². The van der Waals surface area contributed by atoms with Crippen molar-refractivity contribution in [3.8, 4) is 0 Å². The van der Waals surface area contributed by atoms with Gasteiger partial charge in [-0.1, -0.05) is 43.6 Å². The quantitative estimate of drug-likeness (QED) is 0.687. The van der Waals surface area contributed by atoms with Crippen molar-refractivity contribution in [2.75, 3.05) is 5.73 Å². The lowest BCUT2D eigenvalue weighted by Gasteiger charge is -2.10. The molecule has 0 amide bonds. The van der Waals surface area contributed by atoms with E-state index < -0.39 is 0 Å².